The van der Waals surface area contributed by atoms with Crippen molar-refractivity contribution in [2.24, 2.45) is 0 Å². The van der Waals surface area contributed by atoms with Crippen molar-refractivity contribution in [3.05, 3.63) is 102 Å². The molecule has 0 bridgehead atoms. The molecule has 4 heteroatoms. The predicted octanol–water partition coefficient (Wildman–Crippen LogP) is 4.25. The minimum atomic E-state index is -0.342. The molecule has 3 rings (SSSR count). The van der Waals surface area contributed by atoms with Crippen molar-refractivity contribution >= 4 is 5.91 Å². The number of hydrogen-bond donors (Lipinski definition) is 1. The number of carbonyl (C=O) groups excluding carboxylic acids is 1. The van der Waals surface area contributed by atoms with Gasteiger partial charge in [0.25, 0.3) is 0 Å². The van der Waals surface area contributed by atoms with Crippen LogP contribution < -0.4 is 10.1 Å². The molecule has 0 fully saturated rings. The molecule has 0 saturated carbocycles. The normalized spacial score (nSPS) is 12.0. The van der Waals surface area contributed by atoms with E-state index < -0.39 is 0 Å². The van der Waals surface area contributed by atoms with Gasteiger partial charge in [-0.05, 0) is 42.9 Å². The first-order valence-corrected chi connectivity index (χ1v) is 9.78. The number of benzene rings is 3. The van der Waals surface area contributed by atoms with Gasteiger partial charge < -0.3 is 15.0 Å². The molecule has 0 saturated heterocycles. The van der Waals surface area contributed by atoms with Gasteiger partial charge >= 0.3 is 0 Å². The summed E-state index contributed by atoms with van der Waals surface area (Å²) < 4.78 is 5.36. The quantitative estimate of drug-likeness (QED) is 0.627. The Morgan fingerprint density at radius 3 is 1.93 bits per heavy atom. The van der Waals surface area contributed by atoms with Crippen LogP contribution in [0.4, 0.5) is 0 Å². The van der Waals surface area contributed by atoms with E-state index >= 15 is 0 Å². The summed E-state index contributed by atoms with van der Waals surface area (Å²) in [5.41, 5.74) is 3.07. The molecule has 1 N–H and O–H groups in total. The van der Waals surface area contributed by atoms with Gasteiger partial charge in [0.2, 0.25) is 5.91 Å². The smallest absolute Gasteiger partial charge is 0.232 e. The van der Waals surface area contributed by atoms with E-state index in [0.29, 0.717) is 6.54 Å². The van der Waals surface area contributed by atoms with Gasteiger partial charge in [-0.1, -0.05) is 72.8 Å². The molecule has 0 aromatic heterocycles. The van der Waals surface area contributed by atoms with Crippen LogP contribution in [0, 0.1) is 0 Å². The van der Waals surface area contributed by atoms with Crippen molar-refractivity contribution in [3.8, 4) is 5.75 Å². The van der Waals surface area contributed by atoms with Crippen LogP contribution in [0.5, 0.6) is 5.75 Å². The van der Waals surface area contributed by atoms with Gasteiger partial charge in [0, 0.05) is 6.54 Å². The maximum Gasteiger partial charge on any atom is 0.232 e. The zero-order chi connectivity index (χ0) is 20.6. The molecule has 0 aliphatic carbocycles. The lowest BCUT2D eigenvalue weighted by Crippen LogP contribution is -2.37. The summed E-state index contributed by atoms with van der Waals surface area (Å²) in [6.45, 7) is 0.509. The highest BCUT2D eigenvalue weighted by Crippen LogP contribution is 2.26. The highest BCUT2D eigenvalue weighted by atomic mass is 16.5. The molecule has 0 heterocycles. The first kappa shape index (κ1) is 20.6. The second-order valence-electron chi connectivity index (χ2n) is 7.26. The molecule has 0 aliphatic rings. The van der Waals surface area contributed by atoms with Crippen LogP contribution >= 0.6 is 0 Å². The van der Waals surface area contributed by atoms with Gasteiger partial charge in [0.15, 0.2) is 0 Å². The van der Waals surface area contributed by atoms with Crippen LogP contribution in [-0.4, -0.2) is 38.6 Å². The predicted molar refractivity (Wildman–Crippen MR) is 117 cm³/mol. The summed E-state index contributed by atoms with van der Waals surface area (Å²) in [6.07, 6.45) is 0. The first-order valence-electron chi connectivity index (χ1n) is 9.78. The largest absolute Gasteiger partial charge is 0.497 e. The molecule has 1 atom stereocenters. The molecular weight excluding hydrogens is 360 g/mol. The summed E-state index contributed by atoms with van der Waals surface area (Å²) in [7, 11) is 5.69. The molecule has 0 spiro atoms. The van der Waals surface area contributed by atoms with E-state index in [2.05, 4.69) is 16.3 Å². The number of ether oxygens (including phenoxy) is 1. The molecule has 3 aromatic rings. The first-order chi connectivity index (χ1) is 14.1. The van der Waals surface area contributed by atoms with Gasteiger partial charge in [0.05, 0.1) is 19.1 Å². The Morgan fingerprint density at radius 2 is 1.41 bits per heavy atom. The Labute approximate surface area is 173 Å². The third kappa shape index (κ3) is 5.24. The Kier molecular flexibility index (Phi) is 7.04. The van der Waals surface area contributed by atoms with Crippen LogP contribution in [0.25, 0.3) is 0 Å². The molecule has 4 nitrogen and oxygen atoms in total. The molecule has 150 valence electrons. The van der Waals surface area contributed by atoms with E-state index in [0.717, 1.165) is 22.4 Å². The number of carbonyl (C=O) groups is 1. The fourth-order valence-electron chi connectivity index (χ4n) is 3.53. The lowest BCUT2D eigenvalue weighted by atomic mass is 9.90. The summed E-state index contributed by atoms with van der Waals surface area (Å²) in [5.74, 6) is 0.467. The van der Waals surface area contributed by atoms with Gasteiger partial charge in [-0.2, -0.15) is 0 Å². The van der Waals surface area contributed by atoms with E-state index in [9.17, 15) is 4.79 Å². The highest BCUT2D eigenvalue weighted by molar-refractivity contribution is 5.87. The minimum absolute atomic E-state index is 0.00264. The Morgan fingerprint density at radius 1 is 0.862 bits per heavy atom. The second-order valence-corrected chi connectivity index (χ2v) is 7.26. The Balaban J connectivity index is 1.81. The van der Waals surface area contributed by atoms with Crippen LogP contribution in [0.15, 0.2) is 84.9 Å². The molecule has 0 aliphatic heterocycles. The van der Waals surface area contributed by atoms with Gasteiger partial charge in [-0.3, -0.25) is 4.79 Å². The monoisotopic (exact) mass is 388 g/mol. The van der Waals surface area contributed by atoms with Crippen LogP contribution in [0.1, 0.15) is 28.7 Å². The number of nitrogens with zero attached hydrogens (tertiary/aromatic N) is 1. The average Bonchev–Trinajstić information content (AvgIpc) is 2.75. The third-order valence-corrected chi connectivity index (χ3v) is 5.10. The van der Waals surface area contributed by atoms with Crippen molar-refractivity contribution < 1.29 is 9.53 Å². The molecule has 1 amide bonds. The van der Waals surface area contributed by atoms with Crippen molar-refractivity contribution in [1.82, 2.24) is 10.2 Å². The summed E-state index contributed by atoms with van der Waals surface area (Å²) in [6, 6.07) is 27.8. The molecule has 0 unspecified atom stereocenters. The summed E-state index contributed by atoms with van der Waals surface area (Å²) >= 11 is 0. The molecular formula is C25H28N2O2. The fraction of sp³-hybridized carbons (Fsp3) is 0.240. The average molecular weight is 389 g/mol. The van der Waals surface area contributed by atoms with Crippen molar-refractivity contribution in [3.63, 3.8) is 0 Å². The number of likely N-dealkylation sites (N-methyl/N-ethyl adjacent to an activating group) is 1. The van der Waals surface area contributed by atoms with E-state index in [-0.39, 0.29) is 17.9 Å². The van der Waals surface area contributed by atoms with E-state index in [1.807, 2.05) is 93.0 Å². The van der Waals surface area contributed by atoms with Crippen LogP contribution in [-0.2, 0) is 4.79 Å². The van der Waals surface area contributed by atoms with Crippen molar-refractivity contribution in [1.29, 1.82) is 0 Å². The lowest BCUT2D eigenvalue weighted by molar-refractivity contribution is -0.121. The molecule has 3 aromatic carbocycles. The second kappa shape index (κ2) is 9.89. The Hall–Kier alpha value is -3.11. The highest BCUT2D eigenvalue weighted by Gasteiger charge is 2.24. The zero-order valence-corrected chi connectivity index (χ0v) is 17.2. The third-order valence-electron chi connectivity index (χ3n) is 5.10. The van der Waals surface area contributed by atoms with Gasteiger partial charge in [-0.15, -0.1) is 0 Å². The Bertz CT molecular complexity index is 871. The summed E-state index contributed by atoms with van der Waals surface area (Å²) in [4.78, 5) is 15.4. The van der Waals surface area contributed by atoms with E-state index in [1.165, 1.54) is 0 Å². The van der Waals surface area contributed by atoms with Gasteiger partial charge in [-0.25, -0.2) is 0 Å². The summed E-state index contributed by atoms with van der Waals surface area (Å²) in [5, 5.41) is 3.18. The molecule has 0 radical (unpaired) electrons. The SMILES string of the molecule is COc1cccc([C@H](CNC(=O)C(c2ccccc2)c2ccccc2)N(C)C)c1. The minimum Gasteiger partial charge on any atom is -0.497 e. The van der Waals surface area contributed by atoms with Crippen molar-refractivity contribution in [2.75, 3.05) is 27.7 Å². The standard InChI is InChI=1S/C25H28N2O2/c1-27(2)23(21-15-10-16-22(17-21)29-3)18-26-25(28)24(19-11-6-4-7-12-19)20-13-8-5-9-14-20/h4-17,23-24H,18H2,1-3H3,(H,26,28)/t23-/m0/s1. The number of methoxy groups -OCH3 is 1. The van der Waals surface area contributed by atoms with Crippen LogP contribution in [0.2, 0.25) is 0 Å². The maximum atomic E-state index is 13.3. The van der Waals surface area contributed by atoms with E-state index in [4.69, 9.17) is 4.74 Å². The number of amides is 1. The fourth-order valence-corrected chi connectivity index (χ4v) is 3.53. The topological polar surface area (TPSA) is 41.6 Å². The van der Waals surface area contributed by atoms with Crippen molar-refractivity contribution in [2.45, 2.75) is 12.0 Å². The lowest BCUT2D eigenvalue weighted by Gasteiger charge is -2.27. The van der Waals surface area contributed by atoms with Crippen LogP contribution in [0.3, 0.4) is 0 Å². The number of hydrogen-bond acceptors (Lipinski definition) is 3. The number of rotatable bonds is 8. The number of nitrogens with one attached hydrogen (secondary N) is 1. The maximum absolute atomic E-state index is 13.3. The van der Waals surface area contributed by atoms with Gasteiger partial charge in [0.1, 0.15) is 5.75 Å². The molecule has 29 heavy (non-hydrogen) atoms. The zero-order valence-electron chi connectivity index (χ0n) is 17.2. The van der Waals surface area contributed by atoms with E-state index in [1.54, 1.807) is 7.11 Å².